The molecule has 2 heteroatoms. The summed E-state index contributed by atoms with van der Waals surface area (Å²) in [5, 5.41) is 4.68. The molecule has 0 aliphatic carbocycles. The van der Waals surface area contributed by atoms with Gasteiger partial charge in [0.15, 0.2) is 0 Å². The molecule has 0 saturated carbocycles. The lowest BCUT2D eigenvalue weighted by atomic mass is 9.90. The maximum atomic E-state index is 4.36. The third kappa shape index (κ3) is 2.47. The van der Waals surface area contributed by atoms with Gasteiger partial charge in [-0.05, 0) is 62.0 Å². The van der Waals surface area contributed by atoms with E-state index in [4.69, 9.17) is 0 Å². The number of hydrogen-bond donors (Lipinski definition) is 1. The van der Waals surface area contributed by atoms with Gasteiger partial charge in [0.05, 0.1) is 5.52 Å². The van der Waals surface area contributed by atoms with Gasteiger partial charge in [-0.15, -0.1) is 0 Å². The van der Waals surface area contributed by atoms with Crippen LogP contribution in [-0.4, -0.2) is 18.1 Å². The van der Waals surface area contributed by atoms with Crippen molar-refractivity contribution in [2.75, 3.05) is 13.1 Å². The molecule has 88 valence electrons. The van der Waals surface area contributed by atoms with Crippen LogP contribution in [0.1, 0.15) is 18.4 Å². The summed E-state index contributed by atoms with van der Waals surface area (Å²) in [5.74, 6) is 0.852. The van der Waals surface area contributed by atoms with E-state index in [1.165, 1.54) is 43.3 Å². The van der Waals surface area contributed by atoms with E-state index in [0.29, 0.717) is 0 Å². The number of rotatable bonds is 2. The van der Waals surface area contributed by atoms with E-state index in [-0.39, 0.29) is 0 Å². The van der Waals surface area contributed by atoms with Crippen LogP contribution in [0, 0.1) is 5.92 Å². The highest BCUT2D eigenvalue weighted by Crippen LogP contribution is 2.20. The fourth-order valence-electron chi connectivity index (χ4n) is 2.67. The maximum absolute atomic E-state index is 4.36. The Morgan fingerprint density at radius 1 is 1.18 bits per heavy atom. The molecule has 1 aliphatic heterocycles. The maximum Gasteiger partial charge on any atom is 0.0702 e. The summed E-state index contributed by atoms with van der Waals surface area (Å²) in [6.45, 7) is 2.36. The lowest BCUT2D eigenvalue weighted by Crippen LogP contribution is -2.28. The second-order valence-corrected chi connectivity index (χ2v) is 4.93. The first-order chi connectivity index (χ1) is 8.42. The van der Waals surface area contributed by atoms with Crippen LogP contribution < -0.4 is 5.32 Å². The molecule has 2 heterocycles. The molecule has 1 saturated heterocycles. The van der Waals surface area contributed by atoms with Crippen molar-refractivity contribution in [1.82, 2.24) is 10.3 Å². The first kappa shape index (κ1) is 10.7. The Bertz CT molecular complexity index is 501. The average molecular weight is 226 g/mol. The Balaban J connectivity index is 1.80. The van der Waals surface area contributed by atoms with E-state index in [0.717, 1.165) is 11.4 Å². The standard InChI is InChI=1S/C15H18N2/c1-2-14-11-13(3-4-15(14)17-7-1)10-12-5-8-16-9-6-12/h1-4,7,11-12,16H,5-6,8-10H2. The predicted molar refractivity (Wildman–Crippen MR) is 71.0 cm³/mol. The number of aromatic nitrogens is 1. The molecule has 17 heavy (non-hydrogen) atoms. The van der Waals surface area contributed by atoms with Crippen LogP contribution in [0.3, 0.4) is 0 Å². The molecule has 1 fully saturated rings. The van der Waals surface area contributed by atoms with Gasteiger partial charge in [-0.2, -0.15) is 0 Å². The Morgan fingerprint density at radius 3 is 2.94 bits per heavy atom. The average Bonchev–Trinajstić information content (AvgIpc) is 2.40. The number of hydrogen-bond acceptors (Lipinski definition) is 2. The van der Waals surface area contributed by atoms with Gasteiger partial charge in [0.25, 0.3) is 0 Å². The number of benzene rings is 1. The first-order valence-corrected chi connectivity index (χ1v) is 6.46. The van der Waals surface area contributed by atoms with Crippen LogP contribution in [0.4, 0.5) is 0 Å². The van der Waals surface area contributed by atoms with Crippen LogP contribution in [0.15, 0.2) is 36.5 Å². The van der Waals surface area contributed by atoms with Gasteiger partial charge in [0, 0.05) is 11.6 Å². The SMILES string of the molecule is c1cnc2ccc(CC3CCNCC3)cc2c1. The zero-order chi connectivity index (χ0) is 11.5. The lowest BCUT2D eigenvalue weighted by molar-refractivity contribution is 0.373. The molecule has 1 N–H and O–H groups in total. The van der Waals surface area contributed by atoms with Gasteiger partial charge in [0.1, 0.15) is 0 Å². The minimum atomic E-state index is 0.852. The fourth-order valence-corrected chi connectivity index (χ4v) is 2.67. The summed E-state index contributed by atoms with van der Waals surface area (Å²) in [4.78, 5) is 4.36. The van der Waals surface area contributed by atoms with E-state index in [1.807, 2.05) is 12.3 Å². The molecule has 3 rings (SSSR count). The summed E-state index contributed by atoms with van der Waals surface area (Å²) in [6, 6.07) is 10.8. The normalized spacial score (nSPS) is 17.4. The highest BCUT2D eigenvalue weighted by atomic mass is 14.9. The van der Waals surface area contributed by atoms with Gasteiger partial charge in [-0.3, -0.25) is 4.98 Å². The Hall–Kier alpha value is -1.41. The summed E-state index contributed by atoms with van der Waals surface area (Å²) in [6.07, 6.45) is 5.69. The largest absolute Gasteiger partial charge is 0.317 e. The topological polar surface area (TPSA) is 24.9 Å². The van der Waals surface area contributed by atoms with Crippen molar-refractivity contribution < 1.29 is 0 Å². The minimum Gasteiger partial charge on any atom is -0.317 e. The zero-order valence-electron chi connectivity index (χ0n) is 10.0. The predicted octanol–water partition coefficient (Wildman–Crippen LogP) is 2.78. The highest BCUT2D eigenvalue weighted by molar-refractivity contribution is 5.78. The highest BCUT2D eigenvalue weighted by Gasteiger charge is 2.13. The zero-order valence-corrected chi connectivity index (χ0v) is 10.0. The molecule has 0 bridgehead atoms. The van der Waals surface area contributed by atoms with Crippen molar-refractivity contribution in [3.8, 4) is 0 Å². The van der Waals surface area contributed by atoms with E-state index >= 15 is 0 Å². The number of pyridine rings is 1. The van der Waals surface area contributed by atoms with E-state index < -0.39 is 0 Å². The van der Waals surface area contributed by atoms with Crippen LogP contribution in [0.25, 0.3) is 10.9 Å². The van der Waals surface area contributed by atoms with E-state index in [2.05, 4.69) is 34.6 Å². The second-order valence-electron chi connectivity index (χ2n) is 4.93. The summed E-state index contributed by atoms with van der Waals surface area (Å²) < 4.78 is 0. The molecule has 2 nitrogen and oxygen atoms in total. The van der Waals surface area contributed by atoms with E-state index in [9.17, 15) is 0 Å². The van der Waals surface area contributed by atoms with Gasteiger partial charge in [-0.1, -0.05) is 12.1 Å². The Morgan fingerprint density at radius 2 is 2.06 bits per heavy atom. The molecule has 1 aromatic carbocycles. The lowest BCUT2D eigenvalue weighted by Gasteiger charge is -2.22. The fraction of sp³-hybridized carbons (Fsp3) is 0.400. The first-order valence-electron chi connectivity index (χ1n) is 6.46. The molecule has 1 aromatic heterocycles. The summed E-state index contributed by atoms with van der Waals surface area (Å²) in [5.41, 5.74) is 2.55. The summed E-state index contributed by atoms with van der Waals surface area (Å²) in [7, 11) is 0. The van der Waals surface area contributed by atoms with Crippen molar-refractivity contribution >= 4 is 10.9 Å². The smallest absolute Gasteiger partial charge is 0.0702 e. The molecule has 1 aliphatic rings. The van der Waals surface area contributed by atoms with Crippen LogP contribution in [0.2, 0.25) is 0 Å². The molecular weight excluding hydrogens is 208 g/mol. The van der Waals surface area contributed by atoms with Crippen LogP contribution in [0.5, 0.6) is 0 Å². The van der Waals surface area contributed by atoms with Crippen molar-refractivity contribution in [1.29, 1.82) is 0 Å². The molecule has 0 atom stereocenters. The quantitative estimate of drug-likeness (QED) is 0.851. The van der Waals surface area contributed by atoms with Crippen molar-refractivity contribution in [3.05, 3.63) is 42.1 Å². The number of nitrogens with one attached hydrogen (secondary N) is 1. The van der Waals surface area contributed by atoms with Crippen molar-refractivity contribution in [3.63, 3.8) is 0 Å². The van der Waals surface area contributed by atoms with Gasteiger partial charge in [-0.25, -0.2) is 0 Å². The third-order valence-corrected chi connectivity index (χ3v) is 3.65. The summed E-state index contributed by atoms with van der Waals surface area (Å²) >= 11 is 0. The van der Waals surface area contributed by atoms with E-state index in [1.54, 1.807) is 0 Å². The number of nitrogens with zero attached hydrogens (tertiary/aromatic N) is 1. The Kier molecular flexibility index (Phi) is 3.06. The Labute approximate surface area is 102 Å². The van der Waals surface area contributed by atoms with Crippen molar-refractivity contribution in [2.45, 2.75) is 19.3 Å². The monoisotopic (exact) mass is 226 g/mol. The molecule has 2 aromatic rings. The van der Waals surface area contributed by atoms with Gasteiger partial charge < -0.3 is 5.32 Å². The van der Waals surface area contributed by atoms with Gasteiger partial charge >= 0.3 is 0 Å². The number of piperidine rings is 1. The van der Waals surface area contributed by atoms with Gasteiger partial charge in [0.2, 0.25) is 0 Å². The molecule has 0 radical (unpaired) electrons. The van der Waals surface area contributed by atoms with Crippen LogP contribution >= 0.6 is 0 Å². The second kappa shape index (κ2) is 4.84. The van der Waals surface area contributed by atoms with Crippen LogP contribution in [-0.2, 0) is 6.42 Å². The molecular formula is C15H18N2. The molecule has 0 amide bonds. The molecule has 0 unspecified atom stereocenters. The van der Waals surface area contributed by atoms with Crippen molar-refractivity contribution in [2.24, 2.45) is 5.92 Å². The minimum absolute atomic E-state index is 0.852. The number of fused-ring (bicyclic) bond motifs is 1. The molecule has 0 spiro atoms. The third-order valence-electron chi connectivity index (χ3n) is 3.65.